The van der Waals surface area contributed by atoms with Crippen LogP contribution in [-0.2, 0) is 0 Å². The van der Waals surface area contributed by atoms with Crippen molar-refractivity contribution < 1.29 is 14.3 Å². The van der Waals surface area contributed by atoms with Gasteiger partial charge in [-0.25, -0.2) is 9.18 Å². The molecule has 1 aromatic heterocycles. The van der Waals surface area contributed by atoms with Crippen LogP contribution in [0.25, 0.3) is 0 Å². The summed E-state index contributed by atoms with van der Waals surface area (Å²) in [6, 6.07) is 7.31. The molecule has 0 unspecified atom stereocenters. The molecule has 0 saturated carbocycles. The number of aromatic carboxylic acids is 1. The van der Waals surface area contributed by atoms with Crippen LogP contribution in [0.3, 0.4) is 0 Å². The first-order valence-electron chi connectivity index (χ1n) is 5.29. The van der Waals surface area contributed by atoms with Crippen molar-refractivity contribution in [1.29, 1.82) is 0 Å². The Balaban J connectivity index is 2.35. The van der Waals surface area contributed by atoms with E-state index >= 15 is 0 Å². The Bertz CT molecular complexity index is 582. The van der Waals surface area contributed by atoms with Gasteiger partial charge in [-0.3, -0.25) is 4.98 Å². The summed E-state index contributed by atoms with van der Waals surface area (Å²) in [6.45, 7) is 1.77. The van der Waals surface area contributed by atoms with Crippen molar-refractivity contribution in [3.8, 4) is 0 Å². The van der Waals surface area contributed by atoms with Gasteiger partial charge in [0.1, 0.15) is 11.4 Å². The molecule has 4 nitrogen and oxygen atoms in total. The summed E-state index contributed by atoms with van der Waals surface area (Å²) in [5.74, 6) is -1.41. The molecule has 92 valence electrons. The van der Waals surface area contributed by atoms with E-state index in [-0.39, 0.29) is 11.4 Å². The highest BCUT2D eigenvalue weighted by molar-refractivity contribution is 5.94. The van der Waals surface area contributed by atoms with E-state index in [1.807, 2.05) is 0 Å². The van der Waals surface area contributed by atoms with Crippen LogP contribution in [-0.4, -0.2) is 16.1 Å². The lowest BCUT2D eigenvalue weighted by atomic mass is 10.2. The predicted molar refractivity (Wildman–Crippen MR) is 65.6 cm³/mol. The molecule has 2 aromatic rings. The summed E-state index contributed by atoms with van der Waals surface area (Å²) in [4.78, 5) is 15.0. The van der Waals surface area contributed by atoms with Crippen molar-refractivity contribution in [1.82, 2.24) is 4.98 Å². The normalized spacial score (nSPS) is 10.1. The lowest BCUT2D eigenvalue weighted by Gasteiger charge is -2.10. The Labute approximate surface area is 103 Å². The molecule has 2 rings (SSSR count). The zero-order valence-corrected chi connectivity index (χ0v) is 9.64. The number of halogens is 1. The van der Waals surface area contributed by atoms with Crippen LogP contribution in [0.1, 0.15) is 16.1 Å². The molecule has 0 bridgehead atoms. The maximum absolute atomic E-state index is 12.8. The maximum Gasteiger partial charge on any atom is 0.339 e. The monoisotopic (exact) mass is 246 g/mol. The minimum Gasteiger partial charge on any atom is -0.478 e. The fraction of sp³-hybridized carbons (Fsp3) is 0.0769. The number of anilines is 2. The number of carbonyl (C=O) groups is 1. The summed E-state index contributed by atoms with van der Waals surface area (Å²) >= 11 is 0. The van der Waals surface area contributed by atoms with E-state index in [9.17, 15) is 9.18 Å². The highest BCUT2D eigenvalue weighted by atomic mass is 19.1. The molecular formula is C13H11FN2O2. The van der Waals surface area contributed by atoms with E-state index in [1.165, 1.54) is 30.5 Å². The van der Waals surface area contributed by atoms with E-state index in [0.717, 1.165) is 0 Å². The Morgan fingerprint density at radius 1 is 1.33 bits per heavy atom. The van der Waals surface area contributed by atoms with Crippen molar-refractivity contribution >= 4 is 17.3 Å². The molecule has 0 fully saturated rings. The van der Waals surface area contributed by atoms with Crippen LogP contribution in [0.5, 0.6) is 0 Å². The number of carboxylic acid groups (broad SMARTS) is 1. The molecule has 0 spiro atoms. The first-order valence-corrected chi connectivity index (χ1v) is 5.29. The molecule has 5 heteroatoms. The SMILES string of the molecule is Cc1cc(Nc2ccc(F)cc2)c(C(=O)O)cn1. The third-order valence-electron chi connectivity index (χ3n) is 2.39. The van der Waals surface area contributed by atoms with Gasteiger partial charge in [-0.1, -0.05) is 0 Å². The largest absolute Gasteiger partial charge is 0.478 e. The van der Waals surface area contributed by atoms with Gasteiger partial charge in [-0.15, -0.1) is 0 Å². The molecular weight excluding hydrogens is 235 g/mol. The number of pyridine rings is 1. The van der Waals surface area contributed by atoms with Gasteiger partial charge >= 0.3 is 5.97 Å². The third-order valence-corrected chi connectivity index (χ3v) is 2.39. The first kappa shape index (κ1) is 12.0. The standard InChI is InChI=1S/C13H11FN2O2/c1-8-6-12(11(7-15-8)13(17)18)16-10-4-2-9(14)3-5-10/h2-7H,1H3,(H,15,16)(H,17,18). The highest BCUT2D eigenvalue weighted by Crippen LogP contribution is 2.21. The van der Waals surface area contributed by atoms with Crippen molar-refractivity contribution in [3.05, 3.63) is 53.6 Å². The van der Waals surface area contributed by atoms with Gasteiger partial charge in [0.2, 0.25) is 0 Å². The minimum absolute atomic E-state index is 0.0740. The number of rotatable bonds is 3. The minimum atomic E-state index is -1.06. The summed E-state index contributed by atoms with van der Waals surface area (Å²) in [7, 11) is 0. The second kappa shape index (κ2) is 4.83. The van der Waals surface area contributed by atoms with Gasteiger partial charge in [0.05, 0.1) is 5.69 Å². The molecule has 1 aromatic carbocycles. The fourth-order valence-corrected chi connectivity index (χ4v) is 1.52. The summed E-state index contributed by atoms with van der Waals surface area (Å²) in [6.07, 6.45) is 1.30. The zero-order chi connectivity index (χ0) is 13.1. The number of carboxylic acids is 1. The lowest BCUT2D eigenvalue weighted by molar-refractivity contribution is 0.0697. The van der Waals surface area contributed by atoms with Crippen LogP contribution < -0.4 is 5.32 Å². The van der Waals surface area contributed by atoms with Gasteiger partial charge in [-0.2, -0.15) is 0 Å². The summed E-state index contributed by atoms with van der Waals surface area (Å²) in [5.41, 5.74) is 1.82. The number of benzene rings is 1. The van der Waals surface area contributed by atoms with E-state index in [1.54, 1.807) is 13.0 Å². The number of nitrogens with one attached hydrogen (secondary N) is 1. The van der Waals surface area contributed by atoms with Crippen molar-refractivity contribution in [3.63, 3.8) is 0 Å². The number of hydrogen-bond acceptors (Lipinski definition) is 3. The van der Waals surface area contributed by atoms with Gasteiger partial charge in [0.15, 0.2) is 0 Å². The fourth-order valence-electron chi connectivity index (χ4n) is 1.52. The first-order chi connectivity index (χ1) is 8.56. The number of nitrogens with zero attached hydrogens (tertiary/aromatic N) is 1. The average Bonchev–Trinajstić information content (AvgIpc) is 2.32. The van der Waals surface area contributed by atoms with Crippen LogP contribution in [0.15, 0.2) is 36.5 Å². The van der Waals surface area contributed by atoms with Crippen LogP contribution in [0, 0.1) is 12.7 Å². The van der Waals surface area contributed by atoms with Gasteiger partial charge < -0.3 is 10.4 Å². The second-order valence-corrected chi connectivity index (χ2v) is 3.81. The van der Waals surface area contributed by atoms with E-state index in [2.05, 4.69) is 10.3 Å². The van der Waals surface area contributed by atoms with Crippen LogP contribution in [0.4, 0.5) is 15.8 Å². The Morgan fingerprint density at radius 2 is 2.00 bits per heavy atom. The molecule has 0 aliphatic carbocycles. The lowest BCUT2D eigenvalue weighted by Crippen LogP contribution is -2.04. The quantitative estimate of drug-likeness (QED) is 0.874. The van der Waals surface area contributed by atoms with Crippen molar-refractivity contribution in [2.24, 2.45) is 0 Å². The average molecular weight is 246 g/mol. The van der Waals surface area contributed by atoms with Gasteiger partial charge in [0, 0.05) is 17.6 Å². The molecule has 0 aliphatic heterocycles. The number of hydrogen-bond donors (Lipinski definition) is 2. The van der Waals surface area contributed by atoms with Crippen molar-refractivity contribution in [2.45, 2.75) is 6.92 Å². The maximum atomic E-state index is 12.8. The molecule has 0 aliphatic rings. The summed E-state index contributed by atoms with van der Waals surface area (Å²) in [5, 5.41) is 12.0. The number of aryl methyl sites for hydroxylation is 1. The highest BCUT2D eigenvalue weighted by Gasteiger charge is 2.11. The van der Waals surface area contributed by atoms with E-state index in [0.29, 0.717) is 17.1 Å². The second-order valence-electron chi connectivity index (χ2n) is 3.81. The Hall–Kier alpha value is -2.43. The molecule has 18 heavy (non-hydrogen) atoms. The molecule has 0 radical (unpaired) electrons. The van der Waals surface area contributed by atoms with Gasteiger partial charge in [-0.05, 0) is 37.3 Å². The Kier molecular flexibility index (Phi) is 3.23. The predicted octanol–water partition coefficient (Wildman–Crippen LogP) is 2.97. The molecule has 1 heterocycles. The van der Waals surface area contributed by atoms with Crippen LogP contribution in [0.2, 0.25) is 0 Å². The third kappa shape index (κ3) is 2.63. The van der Waals surface area contributed by atoms with E-state index < -0.39 is 5.97 Å². The van der Waals surface area contributed by atoms with Crippen LogP contribution >= 0.6 is 0 Å². The van der Waals surface area contributed by atoms with E-state index in [4.69, 9.17) is 5.11 Å². The molecule has 2 N–H and O–H groups in total. The zero-order valence-electron chi connectivity index (χ0n) is 9.64. The Morgan fingerprint density at radius 3 is 2.61 bits per heavy atom. The van der Waals surface area contributed by atoms with Crippen molar-refractivity contribution in [2.75, 3.05) is 5.32 Å². The topological polar surface area (TPSA) is 62.2 Å². The van der Waals surface area contributed by atoms with Gasteiger partial charge in [0.25, 0.3) is 0 Å². The molecule has 0 saturated heterocycles. The summed E-state index contributed by atoms with van der Waals surface area (Å²) < 4.78 is 12.8. The molecule has 0 atom stereocenters. The molecule has 0 amide bonds. The smallest absolute Gasteiger partial charge is 0.339 e. The number of aromatic nitrogens is 1.